The van der Waals surface area contributed by atoms with Crippen LogP contribution in [0.15, 0.2) is 35.3 Å². The average Bonchev–Trinajstić information content (AvgIpc) is 2.37. The number of pyridine rings is 1. The van der Waals surface area contributed by atoms with Crippen LogP contribution in [-0.2, 0) is 13.0 Å². The van der Waals surface area contributed by atoms with E-state index < -0.39 is 0 Å². The molecule has 0 aliphatic carbocycles. The molecule has 0 aliphatic heterocycles. The number of rotatable bonds is 4. The Labute approximate surface area is 101 Å². The minimum atomic E-state index is 0.0820. The Balaban J connectivity index is 2.49. The van der Waals surface area contributed by atoms with E-state index in [0.717, 1.165) is 23.6 Å². The summed E-state index contributed by atoms with van der Waals surface area (Å²) in [6.45, 7) is 3.42. The number of fused-ring (bicyclic) bond motifs is 1. The van der Waals surface area contributed by atoms with Gasteiger partial charge in [0.15, 0.2) is 0 Å². The first-order chi connectivity index (χ1) is 8.26. The van der Waals surface area contributed by atoms with Crippen molar-refractivity contribution >= 4 is 10.8 Å². The van der Waals surface area contributed by atoms with Crippen LogP contribution in [0.2, 0.25) is 0 Å². The van der Waals surface area contributed by atoms with Crippen molar-refractivity contribution in [1.82, 2.24) is 4.57 Å². The molecule has 2 N–H and O–H groups in total. The van der Waals surface area contributed by atoms with Crippen LogP contribution in [0.5, 0.6) is 0 Å². The summed E-state index contributed by atoms with van der Waals surface area (Å²) >= 11 is 0. The largest absolute Gasteiger partial charge is 0.330 e. The van der Waals surface area contributed by atoms with Gasteiger partial charge in [0.25, 0.3) is 5.56 Å². The Hall–Kier alpha value is -1.61. The predicted molar refractivity (Wildman–Crippen MR) is 71.3 cm³/mol. The van der Waals surface area contributed by atoms with Gasteiger partial charge in [0.2, 0.25) is 0 Å². The molecule has 1 aromatic heterocycles. The number of nitrogens with zero attached hydrogens (tertiary/aromatic N) is 1. The highest BCUT2D eigenvalue weighted by Crippen LogP contribution is 2.12. The fourth-order valence-electron chi connectivity index (χ4n) is 2.00. The van der Waals surface area contributed by atoms with Gasteiger partial charge in [-0.05, 0) is 42.5 Å². The number of aromatic nitrogens is 1. The van der Waals surface area contributed by atoms with E-state index in [1.807, 2.05) is 24.4 Å². The molecule has 3 nitrogen and oxygen atoms in total. The zero-order valence-corrected chi connectivity index (χ0v) is 10.1. The van der Waals surface area contributed by atoms with Gasteiger partial charge < -0.3 is 10.3 Å². The third-order valence-corrected chi connectivity index (χ3v) is 3.05. The minimum absolute atomic E-state index is 0.0820. The van der Waals surface area contributed by atoms with Gasteiger partial charge in [0.1, 0.15) is 0 Å². The van der Waals surface area contributed by atoms with E-state index in [-0.39, 0.29) is 5.56 Å². The van der Waals surface area contributed by atoms with Gasteiger partial charge in [-0.25, -0.2) is 0 Å². The summed E-state index contributed by atoms with van der Waals surface area (Å²) in [5, 5.41) is 1.82. The molecule has 0 bridgehead atoms. The summed E-state index contributed by atoms with van der Waals surface area (Å²) in [4.78, 5) is 12.2. The third kappa shape index (κ3) is 2.39. The molecular formula is C14H18N2O. The maximum Gasteiger partial charge on any atom is 0.258 e. The second-order valence-electron chi connectivity index (χ2n) is 4.23. The van der Waals surface area contributed by atoms with E-state index in [0.29, 0.717) is 13.1 Å². The fraction of sp³-hybridized carbons (Fsp3) is 0.357. The summed E-state index contributed by atoms with van der Waals surface area (Å²) in [5.41, 5.74) is 6.80. The summed E-state index contributed by atoms with van der Waals surface area (Å²) in [6, 6.07) is 8.04. The second-order valence-corrected chi connectivity index (χ2v) is 4.23. The third-order valence-electron chi connectivity index (χ3n) is 3.05. The van der Waals surface area contributed by atoms with Gasteiger partial charge in [0.05, 0.1) is 0 Å². The first-order valence-corrected chi connectivity index (χ1v) is 6.08. The standard InChI is InChI=1S/C14H18N2O/c1-2-11-4-5-13-12(10-11)6-9-16(14(13)17)8-3-7-15/h4-6,9-10H,2-3,7-8,15H2,1H3. The topological polar surface area (TPSA) is 48.0 Å². The number of benzene rings is 1. The van der Waals surface area contributed by atoms with E-state index in [9.17, 15) is 4.79 Å². The van der Waals surface area contributed by atoms with E-state index in [1.54, 1.807) is 4.57 Å². The van der Waals surface area contributed by atoms with Crippen LogP contribution in [0.4, 0.5) is 0 Å². The maximum atomic E-state index is 12.2. The molecular weight excluding hydrogens is 212 g/mol. The molecule has 0 amide bonds. The normalized spacial score (nSPS) is 10.9. The average molecular weight is 230 g/mol. The van der Waals surface area contributed by atoms with Crippen molar-refractivity contribution in [1.29, 1.82) is 0 Å². The van der Waals surface area contributed by atoms with Crippen LogP contribution in [0.1, 0.15) is 18.9 Å². The highest BCUT2D eigenvalue weighted by atomic mass is 16.1. The Morgan fingerprint density at radius 3 is 2.82 bits per heavy atom. The summed E-state index contributed by atoms with van der Waals surface area (Å²) in [7, 11) is 0. The van der Waals surface area contributed by atoms with Gasteiger partial charge in [-0.15, -0.1) is 0 Å². The summed E-state index contributed by atoms with van der Waals surface area (Å²) in [5.74, 6) is 0. The quantitative estimate of drug-likeness (QED) is 0.872. The molecule has 0 saturated carbocycles. The lowest BCUT2D eigenvalue weighted by atomic mass is 10.1. The van der Waals surface area contributed by atoms with E-state index >= 15 is 0 Å². The first kappa shape index (κ1) is 11.9. The van der Waals surface area contributed by atoms with E-state index in [2.05, 4.69) is 13.0 Å². The molecule has 17 heavy (non-hydrogen) atoms. The number of hydrogen-bond acceptors (Lipinski definition) is 2. The van der Waals surface area contributed by atoms with Crippen molar-refractivity contribution in [2.24, 2.45) is 5.73 Å². The maximum absolute atomic E-state index is 12.2. The molecule has 0 radical (unpaired) electrons. The van der Waals surface area contributed by atoms with Crippen LogP contribution < -0.4 is 11.3 Å². The lowest BCUT2D eigenvalue weighted by molar-refractivity contribution is 0.634. The minimum Gasteiger partial charge on any atom is -0.330 e. The summed E-state index contributed by atoms with van der Waals surface area (Å²) < 4.78 is 1.74. The van der Waals surface area contributed by atoms with Crippen molar-refractivity contribution < 1.29 is 0 Å². The van der Waals surface area contributed by atoms with Gasteiger partial charge in [-0.2, -0.15) is 0 Å². The Bertz CT molecular complexity index is 572. The van der Waals surface area contributed by atoms with Crippen molar-refractivity contribution in [3.63, 3.8) is 0 Å². The Morgan fingerprint density at radius 1 is 1.29 bits per heavy atom. The summed E-state index contributed by atoms with van der Waals surface area (Å²) in [6.07, 6.45) is 3.68. The van der Waals surface area contributed by atoms with Gasteiger partial charge >= 0.3 is 0 Å². The molecule has 0 aliphatic rings. The van der Waals surface area contributed by atoms with Crippen molar-refractivity contribution in [3.05, 3.63) is 46.4 Å². The molecule has 0 atom stereocenters. The molecule has 1 heterocycles. The van der Waals surface area contributed by atoms with Crippen molar-refractivity contribution in [3.8, 4) is 0 Å². The molecule has 90 valence electrons. The number of aryl methyl sites for hydroxylation is 2. The van der Waals surface area contributed by atoms with Gasteiger partial charge in [-0.1, -0.05) is 19.1 Å². The number of nitrogens with two attached hydrogens (primary N) is 1. The molecule has 2 rings (SSSR count). The molecule has 3 heteroatoms. The van der Waals surface area contributed by atoms with Crippen LogP contribution >= 0.6 is 0 Å². The molecule has 0 unspecified atom stereocenters. The molecule has 0 saturated heterocycles. The van der Waals surface area contributed by atoms with Gasteiger partial charge in [0, 0.05) is 18.1 Å². The highest BCUT2D eigenvalue weighted by Gasteiger charge is 2.02. The van der Waals surface area contributed by atoms with Crippen LogP contribution in [0.25, 0.3) is 10.8 Å². The van der Waals surface area contributed by atoms with Crippen LogP contribution in [0, 0.1) is 0 Å². The van der Waals surface area contributed by atoms with Crippen LogP contribution in [0.3, 0.4) is 0 Å². The molecule has 2 aromatic rings. The fourth-order valence-corrected chi connectivity index (χ4v) is 2.00. The molecule has 0 spiro atoms. The van der Waals surface area contributed by atoms with E-state index in [1.165, 1.54) is 5.56 Å². The van der Waals surface area contributed by atoms with Crippen molar-refractivity contribution in [2.75, 3.05) is 6.54 Å². The van der Waals surface area contributed by atoms with Crippen molar-refractivity contribution in [2.45, 2.75) is 26.3 Å². The van der Waals surface area contributed by atoms with Gasteiger partial charge in [-0.3, -0.25) is 4.79 Å². The zero-order valence-electron chi connectivity index (χ0n) is 10.1. The monoisotopic (exact) mass is 230 g/mol. The highest BCUT2D eigenvalue weighted by molar-refractivity contribution is 5.82. The zero-order chi connectivity index (χ0) is 12.3. The lowest BCUT2D eigenvalue weighted by Crippen LogP contribution is -2.20. The smallest absolute Gasteiger partial charge is 0.258 e. The second kappa shape index (κ2) is 5.15. The molecule has 1 aromatic carbocycles. The first-order valence-electron chi connectivity index (χ1n) is 6.08. The SMILES string of the molecule is CCc1ccc2c(=O)n(CCCN)ccc2c1. The Morgan fingerprint density at radius 2 is 2.12 bits per heavy atom. The lowest BCUT2D eigenvalue weighted by Gasteiger charge is -2.07. The number of hydrogen-bond donors (Lipinski definition) is 1. The van der Waals surface area contributed by atoms with Crippen LogP contribution in [-0.4, -0.2) is 11.1 Å². The predicted octanol–water partition coefficient (Wildman–Crippen LogP) is 1.91. The van der Waals surface area contributed by atoms with E-state index in [4.69, 9.17) is 5.73 Å². The Kier molecular flexibility index (Phi) is 3.59. The molecule has 0 fully saturated rings.